The highest BCUT2D eigenvalue weighted by atomic mass is 16.2. The molecule has 3 amide bonds. The van der Waals surface area contributed by atoms with E-state index in [-0.39, 0.29) is 35.7 Å². The summed E-state index contributed by atoms with van der Waals surface area (Å²) in [5.74, 6) is 0.737. The van der Waals surface area contributed by atoms with Crippen molar-refractivity contribution in [2.75, 3.05) is 11.9 Å². The molecule has 2 saturated carbocycles. The van der Waals surface area contributed by atoms with E-state index in [1.807, 2.05) is 36.9 Å². The minimum Gasteiger partial charge on any atom is -0.339 e. The summed E-state index contributed by atoms with van der Waals surface area (Å²) in [6.45, 7) is 4.67. The van der Waals surface area contributed by atoms with Crippen molar-refractivity contribution in [3.63, 3.8) is 0 Å². The fourth-order valence-corrected chi connectivity index (χ4v) is 6.60. The maximum absolute atomic E-state index is 13.8. The normalized spacial score (nSPS) is 23.7. The van der Waals surface area contributed by atoms with Crippen molar-refractivity contribution in [3.05, 3.63) is 47.3 Å². The summed E-state index contributed by atoms with van der Waals surface area (Å²) in [7, 11) is 0. The van der Waals surface area contributed by atoms with E-state index in [1.54, 1.807) is 16.9 Å². The van der Waals surface area contributed by atoms with E-state index >= 15 is 0 Å². The molecule has 0 bridgehead atoms. The summed E-state index contributed by atoms with van der Waals surface area (Å²) >= 11 is 0. The van der Waals surface area contributed by atoms with Crippen LogP contribution < -0.4 is 16.4 Å². The number of benzene rings is 1. The van der Waals surface area contributed by atoms with Crippen molar-refractivity contribution in [3.8, 4) is 0 Å². The summed E-state index contributed by atoms with van der Waals surface area (Å²) in [6, 6.07) is 6.81. The van der Waals surface area contributed by atoms with Crippen molar-refractivity contribution < 1.29 is 14.4 Å². The molecule has 3 atom stereocenters. The van der Waals surface area contributed by atoms with Crippen LogP contribution in [-0.4, -0.2) is 51.0 Å². The number of carbonyl (C=O) groups is 3. The second kappa shape index (κ2) is 9.84. The molecule has 4 aliphatic rings. The third-order valence-corrected chi connectivity index (χ3v) is 8.79. The molecule has 0 radical (unpaired) electrons. The first-order valence-corrected chi connectivity index (χ1v) is 14.2. The Morgan fingerprint density at radius 2 is 1.79 bits per heavy atom. The van der Waals surface area contributed by atoms with Crippen LogP contribution in [0.5, 0.6) is 0 Å². The van der Waals surface area contributed by atoms with E-state index in [4.69, 9.17) is 5.73 Å². The van der Waals surface area contributed by atoms with E-state index in [1.165, 1.54) is 0 Å². The molecule has 0 spiro atoms. The molecule has 0 unspecified atom stereocenters. The average Bonchev–Trinajstić information content (AvgIpc) is 3.79. The predicted octanol–water partition coefficient (Wildman–Crippen LogP) is 3.18. The molecule has 1 aromatic heterocycles. The first kappa shape index (κ1) is 25.1. The zero-order valence-corrected chi connectivity index (χ0v) is 22.2. The Kier molecular flexibility index (Phi) is 6.50. The minimum absolute atomic E-state index is 0.0313. The van der Waals surface area contributed by atoms with Crippen LogP contribution in [-0.2, 0) is 16.0 Å². The lowest BCUT2D eigenvalue weighted by Crippen LogP contribution is -2.50. The molecule has 2 heterocycles. The predicted molar refractivity (Wildman–Crippen MR) is 143 cm³/mol. The highest BCUT2D eigenvalue weighted by Crippen LogP contribution is 2.51. The summed E-state index contributed by atoms with van der Waals surface area (Å²) in [5, 5.41) is 10.5. The zero-order valence-electron chi connectivity index (χ0n) is 22.2. The second-order valence-corrected chi connectivity index (χ2v) is 11.8. The molecule has 3 aliphatic carbocycles. The standard InChI is InChI=1S/C29H38N6O3/c1-16(2)35-24(11-13-31-35)27(36)33-26(25(17-3-4-17)18-5-6-18)28(37)32-20-8-9-21-19(15-20)7-10-23(21)34-14-12-22(30)29(34)38/h8-9,11,13,15-18,22-23,25-26H,3-7,10,12,14,30H2,1-2H3,(H,32,37)(H,33,36)/t22-,23+,26-/m0/s1. The van der Waals surface area contributed by atoms with Crippen LogP contribution in [0.1, 0.15) is 86.1 Å². The molecular weight excluding hydrogens is 480 g/mol. The second-order valence-electron chi connectivity index (χ2n) is 11.8. The average molecular weight is 519 g/mol. The smallest absolute Gasteiger partial charge is 0.270 e. The molecule has 1 aromatic carbocycles. The van der Waals surface area contributed by atoms with Crippen molar-refractivity contribution in [1.82, 2.24) is 20.0 Å². The number of nitrogens with zero attached hydrogens (tertiary/aromatic N) is 3. The van der Waals surface area contributed by atoms with Crippen molar-refractivity contribution in [2.24, 2.45) is 23.5 Å². The number of nitrogens with one attached hydrogen (secondary N) is 2. The molecule has 9 nitrogen and oxygen atoms in total. The van der Waals surface area contributed by atoms with Crippen molar-refractivity contribution in [2.45, 2.75) is 83.0 Å². The first-order valence-electron chi connectivity index (χ1n) is 14.2. The van der Waals surface area contributed by atoms with E-state index in [2.05, 4.69) is 15.7 Å². The van der Waals surface area contributed by atoms with Gasteiger partial charge in [0.05, 0.1) is 12.1 Å². The highest BCUT2D eigenvalue weighted by Gasteiger charge is 2.48. The third kappa shape index (κ3) is 4.72. The topological polar surface area (TPSA) is 122 Å². The molecule has 9 heteroatoms. The Morgan fingerprint density at radius 1 is 1.05 bits per heavy atom. The number of anilines is 1. The van der Waals surface area contributed by atoms with E-state index < -0.39 is 12.1 Å². The number of aromatic nitrogens is 2. The van der Waals surface area contributed by atoms with Gasteiger partial charge in [0.15, 0.2) is 0 Å². The van der Waals surface area contributed by atoms with Gasteiger partial charge in [0.25, 0.3) is 5.91 Å². The minimum atomic E-state index is -0.595. The van der Waals surface area contributed by atoms with Crippen LogP contribution in [0, 0.1) is 17.8 Å². The molecule has 6 rings (SSSR count). The Labute approximate surface area is 223 Å². The maximum atomic E-state index is 13.8. The molecule has 38 heavy (non-hydrogen) atoms. The Bertz CT molecular complexity index is 1230. The van der Waals surface area contributed by atoms with Gasteiger partial charge in [-0.25, -0.2) is 0 Å². The fraction of sp³-hybridized carbons (Fsp3) is 0.586. The first-order chi connectivity index (χ1) is 18.3. The molecule has 4 N–H and O–H groups in total. The SMILES string of the molecule is CC(C)n1nccc1C(=O)N[C@H](C(=O)Nc1ccc2c(c1)CC[C@H]2N1CC[C@H](N)C1=O)C(C1CC1)C1CC1. The number of amides is 3. The summed E-state index contributed by atoms with van der Waals surface area (Å²) < 4.78 is 1.70. The van der Waals surface area contributed by atoms with Crippen LogP contribution in [0.3, 0.4) is 0 Å². The number of likely N-dealkylation sites (tertiary alicyclic amines) is 1. The number of nitrogens with two attached hydrogens (primary N) is 1. The fourth-order valence-electron chi connectivity index (χ4n) is 6.60. The molecule has 2 aromatic rings. The highest BCUT2D eigenvalue weighted by molar-refractivity contribution is 6.01. The van der Waals surface area contributed by atoms with Crippen LogP contribution in [0.2, 0.25) is 0 Å². The molecule has 202 valence electrons. The summed E-state index contributed by atoms with van der Waals surface area (Å²) in [5.41, 5.74) is 9.46. The lowest BCUT2D eigenvalue weighted by atomic mass is 9.88. The number of hydrogen-bond donors (Lipinski definition) is 3. The van der Waals surface area contributed by atoms with Crippen molar-refractivity contribution in [1.29, 1.82) is 0 Å². The van der Waals surface area contributed by atoms with E-state index in [9.17, 15) is 14.4 Å². The molecular formula is C29H38N6O3. The third-order valence-electron chi connectivity index (χ3n) is 8.79. The van der Waals surface area contributed by atoms with Gasteiger partial charge in [-0.2, -0.15) is 5.10 Å². The maximum Gasteiger partial charge on any atom is 0.270 e. The quantitative estimate of drug-likeness (QED) is 0.471. The zero-order chi connectivity index (χ0) is 26.6. The number of aryl methyl sites for hydroxylation is 1. The van der Waals surface area contributed by atoms with Crippen LogP contribution in [0.4, 0.5) is 5.69 Å². The summed E-state index contributed by atoms with van der Waals surface area (Å²) in [6.07, 6.45) is 8.52. The van der Waals surface area contributed by atoms with Crippen LogP contribution >= 0.6 is 0 Å². The Hall–Kier alpha value is -3.20. The molecule has 3 fully saturated rings. The Balaban J connectivity index is 1.21. The van der Waals surface area contributed by atoms with Crippen LogP contribution in [0.25, 0.3) is 0 Å². The van der Waals surface area contributed by atoms with Gasteiger partial charge in [-0.05, 0) is 106 Å². The van der Waals surface area contributed by atoms with Gasteiger partial charge in [-0.3, -0.25) is 19.1 Å². The van der Waals surface area contributed by atoms with Gasteiger partial charge in [0.2, 0.25) is 11.8 Å². The van der Waals surface area contributed by atoms with Gasteiger partial charge in [0, 0.05) is 24.5 Å². The number of rotatable bonds is 9. The van der Waals surface area contributed by atoms with Gasteiger partial charge in [-0.15, -0.1) is 0 Å². The van der Waals surface area contributed by atoms with Crippen molar-refractivity contribution >= 4 is 23.4 Å². The lowest BCUT2D eigenvalue weighted by Gasteiger charge is -2.28. The Morgan fingerprint density at radius 3 is 2.42 bits per heavy atom. The number of carbonyl (C=O) groups excluding carboxylic acids is 3. The molecule has 1 aliphatic heterocycles. The molecule has 1 saturated heterocycles. The number of hydrogen-bond acceptors (Lipinski definition) is 5. The van der Waals surface area contributed by atoms with Gasteiger partial charge >= 0.3 is 0 Å². The summed E-state index contributed by atoms with van der Waals surface area (Å²) in [4.78, 5) is 41.6. The largest absolute Gasteiger partial charge is 0.339 e. The van der Waals surface area contributed by atoms with Crippen LogP contribution in [0.15, 0.2) is 30.5 Å². The number of fused-ring (bicyclic) bond motifs is 1. The lowest BCUT2D eigenvalue weighted by molar-refractivity contribution is -0.130. The van der Waals surface area contributed by atoms with Gasteiger partial charge < -0.3 is 21.3 Å². The van der Waals surface area contributed by atoms with Gasteiger partial charge in [0.1, 0.15) is 11.7 Å². The monoisotopic (exact) mass is 518 g/mol. The van der Waals surface area contributed by atoms with E-state index in [0.29, 0.717) is 30.5 Å². The van der Waals surface area contributed by atoms with Gasteiger partial charge in [-0.1, -0.05) is 6.07 Å². The van der Waals surface area contributed by atoms with E-state index in [0.717, 1.165) is 55.3 Å².